The lowest BCUT2D eigenvalue weighted by molar-refractivity contribution is -0.110. The van der Waals surface area contributed by atoms with Gasteiger partial charge in [0.1, 0.15) is 0 Å². The highest BCUT2D eigenvalue weighted by Gasteiger charge is 2.35. The molecule has 6 heteroatoms. The summed E-state index contributed by atoms with van der Waals surface area (Å²) < 4.78 is 47.2. The first kappa shape index (κ1) is 12.2. The summed E-state index contributed by atoms with van der Waals surface area (Å²) in [7, 11) is 0. The maximum absolute atomic E-state index is 12.3. The molecular formula is C7H10F5N. The summed E-state index contributed by atoms with van der Waals surface area (Å²) in [5.41, 5.74) is 0. The maximum Gasteiger partial charge on any atom is 0.444 e. The second-order valence-electron chi connectivity index (χ2n) is 2.72. The highest BCUT2D eigenvalue weighted by atomic mass is 19.4. The number of hydrogen-bond acceptors (Lipinski definition) is 1. The number of likely N-dealkylation sites (tertiary alicyclic amines) is 1. The van der Waals surface area contributed by atoms with Crippen LogP contribution in [0.5, 0.6) is 0 Å². The van der Waals surface area contributed by atoms with Crippen LogP contribution < -0.4 is 0 Å². The second kappa shape index (κ2) is 4.43. The zero-order valence-corrected chi connectivity index (χ0v) is 6.77. The van der Waals surface area contributed by atoms with Gasteiger partial charge in [0, 0.05) is 19.3 Å². The third kappa shape index (κ3) is 3.61. The van der Waals surface area contributed by atoms with Gasteiger partial charge >= 0.3 is 6.18 Å². The van der Waals surface area contributed by atoms with Crippen LogP contribution in [0, 0.1) is 0 Å². The van der Waals surface area contributed by atoms with E-state index < -0.39 is 12.0 Å². The molecule has 0 atom stereocenters. The second-order valence-corrected chi connectivity index (χ2v) is 2.72. The molecule has 0 bridgehead atoms. The topological polar surface area (TPSA) is 3.24 Å². The summed E-state index contributed by atoms with van der Waals surface area (Å²) in [6.07, 6.45) is -2.61. The van der Waals surface area contributed by atoms with Crippen LogP contribution in [-0.2, 0) is 0 Å². The fourth-order valence-corrected chi connectivity index (χ4v) is 1.10. The standard InChI is InChI=1S/C7H9F4N.FH/c8-6(7(9,10)11)5-12-3-1-2-4-12;/h5H,1-4H2;1H. The summed E-state index contributed by atoms with van der Waals surface area (Å²) in [6.45, 7) is 1.03. The largest absolute Gasteiger partial charge is 0.444 e. The molecule has 1 nitrogen and oxygen atoms in total. The Hall–Kier alpha value is -0.810. The van der Waals surface area contributed by atoms with Crippen molar-refractivity contribution >= 4 is 0 Å². The van der Waals surface area contributed by atoms with Gasteiger partial charge < -0.3 is 4.90 Å². The average molecular weight is 203 g/mol. The first-order valence-corrected chi connectivity index (χ1v) is 3.69. The van der Waals surface area contributed by atoms with Crippen molar-refractivity contribution in [2.45, 2.75) is 19.0 Å². The number of alkyl halides is 3. The number of nitrogens with zero attached hydrogens (tertiary/aromatic N) is 1. The summed E-state index contributed by atoms with van der Waals surface area (Å²) in [5, 5.41) is 0. The molecule has 78 valence electrons. The predicted molar refractivity (Wildman–Crippen MR) is 38.6 cm³/mol. The van der Waals surface area contributed by atoms with Crippen LogP contribution in [0.15, 0.2) is 12.0 Å². The summed E-state index contributed by atoms with van der Waals surface area (Å²) in [6, 6.07) is 0. The van der Waals surface area contributed by atoms with Crippen LogP contribution in [0.3, 0.4) is 0 Å². The van der Waals surface area contributed by atoms with Crippen molar-refractivity contribution in [3.63, 3.8) is 0 Å². The zero-order chi connectivity index (χ0) is 9.19. The van der Waals surface area contributed by atoms with Gasteiger partial charge in [-0.15, -0.1) is 0 Å². The molecule has 1 rings (SSSR count). The molecule has 1 aliphatic rings. The highest BCUT2D eigenvalue weighted by molar-refractivity contribution is 4.99. The minimum atomic E-state index is -4.83. The lowest BCUT2D eigenvalue weighted by atomic mass is 10.4. The van der Waals surface area contributed by atoms with Crippen LogP contribution >= 0.6 is 0 Å². The van der Waals surface area contributed by atoms with Crippen LogP contribution in [0.4, 0.5) is 22.3 Å². The third-order valence-electron chi connectivity index (χ3n) is 1.71. The van der Waals surface area contributed by atoms with Gasteiger partial charge in [-0.3, -0.25) is 4.70 Å². The molecule has 0 aliphatic carbocycles. The molecule has 1 aliphatic heterocycles. The Morgan fingerprint density at radius 1 is 1.15 bits per heavy atom. The SMILES string of the molecule is F.FC(=CN1CCCC1)C(F)(F)F. The number of hydrogen-bond donors (Lipinski definition) is 0. The van der Waals surface area contributed by atoms with E-state index in [0.29, 0.717) is 19.3 Å². The van der Waals surface area contributed by atoms with E-state index in [1.54, 1.807) is 0 Å². The Balaban J connectivity index is 0.00000144. The van der Waals surface area contributed by atoms with Crippen molar-refractivity contribution in [2.24, 2.45) is 0 Å². The molecule has 0 aromatic carbocycles. The van der Waals surface area contributed by atoms with Crippen molar-refractivity contribution in [3.8, 4) is 0 Å². The van der Waals surface area contributed by atoms with E-state index in [0.717, 1.165) is 12.8 Å². The van der Waals surface area contributed by atoms with Gasteiger partial charge in [-0.05, 0) is 12.8 Å². The van der Waals surface area contributed by atoms with E-state index in [1.165, 1.54) is 4.90 Å². The normalized spacial score (nSPS) is 18.8. The molecule has 0 N–H and O–H groups in total. The van der Waals surface area contributed by atoms with E-state index in [9.17, 15) is 17.6 Å². The van der Waals surface area contributed by atoms with E-state index in [4.69, 9.17) is 0 Å². The molecule has 0 radical (unpaired) electrons. The molecule has 1 heterocycles. The number of halogens is 5. The Morgan fingerprint density at radius 3 is 2.00 bits per heavy atom. The van der Waals surface area contributed by atoms with Gasteiger partial charge in [0.05, 0.1) is 0 Å². The Kier molecular flexibility index (Phi) is 4.16. The van der Waals surface area contributed by atoms with Crippen molar-refractivity contribution < 1.29 is 22.3 Å². The fraction of sp³-hybridized carbons (Fsp3) is 0.714. The van der Waals surface area contributed by atoms with Gasteiger partial charge in [-0.1, -0.05) is 0 Å². The molecule has 0 aromatic heterocycles. The van der Waals surface area contributed by atoms with Gasteiger partial charge in [-0.2, -0.15) is 13.2 Å². The predicted octanol–water partition coefficient (Wildman–Crippen LogP) is 2.61. The van der Waals surface area contributed by atoms with Gasteiger partial charge in [-0.25, -0.2) is 4.39 Å². The van der Waals surface area contributed by atoms with Crippen LogP contribution in [0.25, 0.3) is 0 Å². The van der Waals surface area contributed by atoms with Gasteiger partial charge in [0.2, 0.25) is 5.83 Å². The first-order chi connectivity index (χ1) is 5.50. The van der Waals surface area contributed by atoms with E-state index in [2.05, 4.69) is 0 Å². The monoisotopic (exact) mass is 203 g/mol. The van der Waals surface area contributed by atoms with Crippen molar-refractivity contribution in [2.75, 3.05) is 13.1 Å². The van der Waals surface area contributed by atoms with Crippen molar-refractivity contribution in [1.29, 1.82) is 0 Å². The van der Waals surface area contributed by atoms with E-state index >= 15 is 0 Å². The Morgan fingerprint density at radius 2 is 1.62 bits per heavy atom. The third-order valence-corrected chi connectivity index (χ3v) is 1.71. The maximum atomic E-state index is 12.3. The molecule has 13 heavy (non-hydrogen) atoms. The minimum Gasteiger partial charge on any atom is -0.375 e. The molecule has 0 spiro atoms. The van der Waals surface area contributed by atoms with Crippen LogP contribution in [0.1, 0.15) is 12.8 Å². The summed E-state index contributed by atoms with van der Waals surface area (Å²) >= 11 is 0. The number of rotatable bonds is 1. The lowest BCUT2D eigenvalue weighted by Crippen LogP contribution is -2.16. The number of allylic oxidation sites excluding steroid dienone is 1. The van der Waals surface area contributed by atoms with Gasteiger partial charge in [0.25, 0.3) is 0 Å². The van der Waals surface area contributed by atoms with Gasteiger partial charge in [0.15, 0.2) is 0 Å². The molecule has 1 saturated heterocycles. The Bertz CT molecular complexity index is 180. The summed E-state index contributed by atoms with van der Waals surface area (Å²) in [4.78, 5) is 1.35. The van der Waals surface area contributed by atoms with Crippen LogP contribution in [0.2, 0.25) is 0 Å². The van der Waals surface area contributed by atoms with Crippen molar-refractivity contribution in [1.82, 2.24) is 4.90 Å². The first-order valence-electron chi connectivity index (χ1n) is 3.69. The molecule has 0 aromatic rings. The highest BCUT2D eigenvalue weighted by Crippen LogP contribution is 2.27. The average Bonchev–Trinajstić information content (AvgIpc) is 2.37. The molecule has 0 unspecified atom stereocenters. The molecular weight excluding hydrogens is 193 g/mol. The lowest BCUT2D eigenvalue weighted by Gasteiger charge is -2.12. The minimum absolute atomic E-state index is 0. The fourth-order valence-electron chi connectivity index (χ4n) is 1.10. The Labute approximate surface area is 72.4 Å². The zero-order valence-electron chi connectivity index (χ0n) is 6.77. The van der Waals surface area contributed by atoms with E-state index in [1.807, 2.05) is 0 Å². The van der Waals surface area contributed by atoms with E-state index in [-0.39, 0.29) is 4.70 Å². The smallest absolute Gasteiger partial charge is 0.375 e. The van der Waals surface area contributed by atoms with Crippen LogP contribution in [-0.4, -0.2) is 24.2 Å². The summed E-state index contributed by atoms with van der Waals surface area (Å²) in [5.74, 6) is -2.01. The molecule has 1 fully saturated rings. The quantitative estimate of drug-likeness (QED) is 0.592. The molecule has 0 amide bonds. The van der Waals surface area contributed by atoms with Crippen molar-refractivity contribution in [3.05, 3.63) is 12.0 Å². The molecule has 0 saturated carbocycles.